The van der Waals surface area contributed by atoms with Crippen LogP contribution in [-0.2, 0) is 6.54 Å². The van der Waals surface area contributed by atoms with E-state index in [-0.39, 0.29) is 0 Å². The summed E-state index contributed by atoms with van der Waals surface area (Å²) in [5, 5.41) is 0. The summed E-state index contributed by atoms with van der Waals surface area (Å²) in [6.45, 7) is 7.74. The molecule has 1 fully saturated rings. The molecule has 0 radical (unpaired) electrons. The van der Waals surface area contributed by atoms with Gasteiger partial charge in [-0.05, 0) is 24.6 Å². The van der Waals surface area contributed by atoms with Crippen molar-refractivity contribution >= 4 is 5.69 Å². The number of aryl methyl sites for hydroxylation is 1. The van der Waals surface area contributed by atoms with Crippen LogP contribution in [-0.4, -0.2) is 31.1 Å². The number of piperazine rings is 1. The maximum Gasteiger partial charge on any atom is 0.0367 e. The zero-order valence-corrected chi connectivity index (χ0v) is 12.1. The highest BCUT2D eigenvalue weighted by atomic mass is 15.3. The molecule has 0 spiro atoms. The molecular formula is C18H22N2. The van der Waals surface area contributed by atoms with Gasteiger partial charge in [-0.3, -0.25) is 4.90 Å². The van der Waals surface area contributed by atoms with Gasteiger partial charge in [0, 0.05) is 38.4 Å². The van der Waals surface area contributed by atoms with Crippen LogP contribution in [0.3, 0.4) is 0 Å². The summed E-state index contributed by atoms with van der Waals surface area (Å²) in [4.78, 5) is 5.02. The molecule has 0 aromatic heterocycles. The molecule has 1 aliphatic rings. The van der Waals surface area contributed by atoms with Crippen LogP contribution in [0.15, 0.2) is 54.6 Å². The summed E-state index contributed by atoms with van der Waals surface area (Å²) in [5.74, 6) is 0. The second-order valence-corrected chi connectivity index (χ2v) is 5.58. The Bertz CT molecular complexity index is 525. The molecule has 0 atom stereocenters. The molecule has 0 bridgehead atoms. The van der Waals surface area contributed by atoms with E-state index in [0.717, 1.165) is 32.7 Å². The van der Waals surface area contributed by atoms with E-state index in [1.807, 2.05) is 0 Å². The van der Waals surface area contributed by atoms with Gasteiger partial charge >= 0.3 is 0 Å². The van der Waals surface area contributed by atoms with Crippen molar-refractivity contribution in [3.63, 3.8) is 0 Å². The van der Waals surface area contributed by atoms with Gasteiger partial charge in [-0.25, -0.2) is 0 Å². The van der Waals surface area contributed by atoms with E-state index in [2.05, 4.69) is 71.3 Å². The minimum atomic E-state index is 1.07. The Hall–Kier alpha value is -1.80. The van der Waals surface area contributed by atoms with E-state index < -0.39 is 0 Å². The summed E-state index contributed by atoms with van der Waals surface area (Å²) in [5.41, 5.74) is 4.11. The van der Waals surface area contributed by atoms with Gasteiger partial charge in [0.1, 0.15) is 0 Å². The molecule has 0 unspecified atom stereocenters. The Kier molecular flexibility index (Phi) is 4.03. The SMILES string of the molecule is Cc1ccc(CN2CCN(c3ccccc3)CC2)cc1. The summed E-state index contributed by atoms with van der Waals surface area (Å²) in [6.07, 6.45) is 0. The quantitative estimate of drug-likeness (QED) is 0.841. The van der Waals surface area contributed by atoms with Crippen molar-refractivity contribution in [3.05, 3.63) is 65.7 Å². The minimum Gasteiger partial charge on any atom is -0.369 e. The molecule has 0 aliphatic carbocycles. The van der Waals surface area contributed by atoms with Crippen LogP contribution in [0.1, 0.15) is 11.1 Å². The third-order valence-electron chi connectivity index (χ3n) is 4.02. The van der Waals surface area contributed by atoms with E-state index in [0.29, 0.717) is 0 Å². The van der Waals surface area contributed by atoms with Crippen molar-refractivity contribution in [1.82, 2.24) is 4.90 Å². The standard InChI is InChI=1S/C18H22N2/c1-16-7-9-17(10-8-16)15-19-11-13-20(14-12-19)18-5-3-2-4-6-18/h2-10H,11-15H2,1H3. The van der Waals surface area contributed by atoms with Crippen LogP contribution < -0.4 is 4.90 Å². The molecule has 0 saturated carbocycles. The molecule has 0 N–H and O–H groups in total. The van der Waals surface area contributed by atoms with Gasteiger partial charge in [0.25, 0.3) is 0 Å². The zero-order valence-electron chi connectivity index (χ0n) is 12.1. The molecule has 2 aromatic carbocycles. The van der Waals surface area contributed by atoms with Gasteiger partial charge < -0.3 is 4.90 Å². The Balaban J connectivity index is 1.55. The number of para-hydroxylation sites is 1. The number of anilines is 1. The van der Waals surface area contributed by atoms with E-state index in [4.69, 9.17) is 0 Å². The Morgan fingerprint density at radius 3 is 2.10 bits per heavy atom. The lowest BCUT2D eigenvalue weighted by atomic mass is 10.1. The predicted molar refractivity (Wildman–Crippen MR) is 85.1 cm³/mol. The molecule has 20 heavy (non-hydrogen) atoms. The normalized spacial score (nSPS) is 16.4. The molecule has 1 saturated heterocycles. The van der Waals surface area contributed by atoms with Crippen molar-refractivity contribution in [2.45, 2.75) is 13.5 Å². The van der Waals surface area contributed by atoms with Gasteiger partial charge in [0.2, 0.25) is 0 Å². The Morgan fingerprint density at radius 2 is 1.45 bits per heavy atom. The van der Waals surface area contributed by atoms with Crippen molar-refractivity contribution in [3.8, 4) is 0 Å². The molecule has 1 aliphatic heterocycles. The number of rotatable bonds is 3. The van der Waals surface area contributed by atoms with Crippen LogP contribution in [0.5, 0.6) is 0 Å². The average molecular weight is 266 g/mol. The molecule has 104 valence electrons. The average Bonchev–Trinajstić information content (AvgIpc) is 2.51. The smallest absolute Gasteiger partial charge is 0.0367 e. The topological polar surface area (TPSA) is 6.48 Å². The van der Waals surface area contributed by atoms with Crippen LogP contribution in [0.4, 0.5) is 5.69 Å². The maximum atomic E-state index is 2.55. The second kappa shape index (κ2) is 6.10. The van der Waals surface area contributed by atoms with Crippen LogP contribution >= 0.6 is 0 Å². The Morgan fingerprint density at radius 1 is 0.800 bits per heavy atom. The van der Waals surface area contributed by atoms with Gasteiger partial charge in [-0.1, -0.05) is 48.0 Å². The van der Waals surface area contributed by atoms with Gasteiger partial charge in [0.15, 0.2) is 0 Å². The number of benzene rings is 2. The van der Waals surface area contributed by atoms with Gasteiger partial charge in [0.05, 0.1) is 0 Å². The maximum absolute atomic E-state index is 2.55. The molecule has 2 heteroatoms. The highest BCUT2D eigenvalue weighted by molar-refractivity contribution is 5.46. The van der Waals surface area contributed by atoms with E-state index >= 15 is 0 Å². The van der Waals surface area contributed by atoms with Crippen LogP contribution in [0.2, 0.25) is 0 Å². The van der Waals surface area contributed by atoms with Crippen molar-refractivity contribution in [2.24, 2.45) is 0 Å². The summed E-state index contributed by atoms with van der Waals surface area (Å²) < 4.78 is 0. The van der Waals surface area contributed by atoms with E-state index in [9.17, 15) is 0 Å². The van der Waals surface area contributed by atoms with Crippen LogP contribution in [0, 0.1) is 6.92 Å². The summed E-state index contributed by atoms with van der Waals surface area (Å²) in [6, 6.07) is 19.6. The first-order chi connectivity index (χ1) is 9.81. The first kappa shape index (κ1) is 13.2. The summed E-state index contributed by atoms with van der Waals surface area (Å²) >= 11 is 0. The molecule has 2 nitrogen and oxygen atoms in total. The number of hydrogen-bond donors (Lipinski definition) is 0. The van der Waals surface area contributed by atoms with Crippen LogP contribution in [0.25, 0.3) is 0 Å². The highest BCUT2D eigenvalue weighted by Crippen LogP contribution is 2.16. The van der Waals surface area contributed by atoms with Crippen molar-refractivity contribution in [1.29, 1.82) is 0 Å². The number of nitrogens with zero attached hydrogens (tertiary/aromatic N) is 2. The van der Waals surface area contributed by atoms with E-state index in [1.165, 1.54) is 16.8 Å². The monoisotopic (exact) mass is 266 g/mol. The third-order valence-corrected chi connectivity index (χ3v) is 4.02. The minimum absolute atomic E-state index is 1.07. The molecule has 1 heterocycles. The van der Waals surface area contributed by atoms with Gasteiger partial charge in [-0.2, -0.15) is 0 Å². The van der Waals surface area contributed by atoms with Crippen molar-refractivity contribution < 1.29 is 0 Å². The molecule has 2 aromatic rings. The zero-order chi connectivity index (χ0) is 13.8. The second-order valence-electron chi connectivity index (χ2n) is 5.58. The van der Waals surface area contributed by atoms with Gasteiger partial charge in [-0.15, -0.1) is 0 Å². The molecule has 3 rings (SSSR count). The largest absolute Gasteiger partial charge is 0.369 e. The predicted octanol–water partition coefficient (Wildman–Crippen LogP) is 3.32. The molecule has 0 amide bonds. The fourth-order valence-electron chi connectivity index (χ4n) is 2.75. The third kappa shape index (κ3) is 3.20. The fraction of sp³-hybridized carbons (Fsp3) is 0.333. The lowest BCUT2D eigenvalue weighted by Crippen LogP contribution is -2.45. The summed E-state index contributed by atoms with van der Waals surface area (Å²) in [7, 11) is 0. The van der Waals surface area contributed by atoms with Crippen molar-refractivity contribution in [2.75, 3.05) is 31.1 Å². The lowest BCUT2D eigenvalue weighted by molar-refractivity contribution is 0.250. The Labute approximate surface area is 121 Å². The first-order valence-corrected chi connectivity index (χ1v) is 7.39. The fourth-order valence-corrected chi connectivity index (χ4v) is 2.75. The number of hydrogen-bond acceptors (Lipinski definition) is 2. The highest BCUT2D eigenvalue weighted by Gasteiger charge is 2.16. The first-order valence-electron chi connectivity index (χ1n) is 7.39. The van der Waals surface area contributed by atoms with E-state index in [1.54, 1.807) is 0 Å². The molecular weight excluding hydrogens is 244 g/mol. The lowest BCUT2D eigenvalue weighted by Gasteiger charge is -2.36.